The van der Waals surface area contributed by atoms with Crippen LogP contribution in [0.25, 0.3) is 0 Å². The summed E-state index contributed by atoms with van der Waals surface area (Å²) in [6.07, 6.45) is 0. The fourth-order valence-corrected chi connectivity index (χ4v) is 2.28. The molecule has 2 aromatic rings. The maximum Gasteiger partial charge on any atom is 0.337 e. The van der Waals surface area contributed by atoms with Gasteiger partial charge in [-0.15, -0.1) is 0 Å². The smallest absolute Gasteiger partial charge is 0.337 e. The summed E-state index contributed by atoms with van der Waals surface area (Å²) in [4.78, 5) is 21.9. The summed E-state index contributed by atoms with van der Waals surface area (Å²) in [6.45, 7) is 1.80. The van der Waals surface area contributed by atoms with Crippen LogP contribution in [0.1, 0.15) is 21.5 Å². The van der Waals surface area contributed by atoms with E-state index in [0.717, 1.165) is 0 Å². The zero-order chi connectivity index (χ0) is 17.0. The first-order chi connectivity index (χ1) is 10.9. The van der Waals surface area contributed by atoms with Crippen molar-refractivity contribution in [3.63, 3.8) is 0 Å². The van der Waals surface area contributed by atoms with Gasteiger partial charge in [-0.2, -0.15) is 0 Å². The second-order valence-electron chi connectivity index (χ2n) is 4.74. The number of nitro benzene ring substituents is 1. The molecule has 6 nitrogen and oxygen atoms in total. The third-order valence-corrected chi connectivity index (χ3v) is 3.65. The number of hydrogen-bond acceptors (Lipinski definition) is 5. The van der Waals surface area contributed by atoms with Crippen LogP contribution in [0, 0.1) is 17.0 Å². The highest BCUT2D eigenvalue weighted by Gasteiger charge is 2.14. The Kier molecular flexibility index (Phi) is 5.18. The van der Waals surface area contributed by atoms with E-state index in [2.05, 4.69) is 4.74 Å². The molecule has 0 saturated heterocycles. The van der Waals surface area contributed by atoms with Gasteiger partial charge in [0.25, 0.3) is 5.69 Å². The monoisotopic (exact) mass is 335 g/mol. The number of rotatable bonds is 5. The summed E-state index contributed by atoms with van der Waals surface area (Å²) in [6, 6.07) is 9.33. The average Bonchev–Trinajstić information content (AvgIpc) is 2.53. The van der Waals surface area contributed by atoms with Crippen LogP contribution in [0.4, 0.5) is 5.69 Å². The van der Waals surface area contributed by atoms with Gasteiger partial charge >= 0.3 is 5.97 Å². The Labute approximate surface area is 137 Å². The highest BCUT2D eigenvalue weighted by Crippen LogP contribution is 2.28. The van der Waals surface area contributed by atoms with Crippen molar-refractivity contribution in [2.24, 2.45) is 0 Å². The first kappa shape index (κ1) is 16.8. The molecule has 0 heterocycles. The summed E-state index contributed by atoms with van der Waals surface area (Å²) in [5.41, 5.74) is 1.58. The van der Waals surface area contributed by atoms with Gasteiger partial charge in [-0.3, -0.25) is 10.1 Å². The summed E-state index contributed by atoms with van der Waals surface area (Å²) < 4.78 is 10.2. The number of nitrogens with zero attached hydrogens (tertiary/aromatic N) is 1. The van der Waals surface area contributed by atoms with Gasteiger partial charge in [0.05, 0.1) is 22.6 Å². The van der Waals surface area contributed by atoms with Crippen LogP contribution in [-0.4, -0.2) is 18.0 Å². The lowest BCUT2D eigenvalue weighted by molar-refractivity contribution is -0.385. The maximum atomic E-state index is 11.4. The molecule has 2 aromatic carbocycles. The molecule has 0 atom stereocenters. The SMILES string of the molecule is COC(=O)c1ccc(OCc2cccc([N+](=O)[O-])c2C)c(Cl)c1. The molecule has 0 amide bonds. The molecule has 0 unspecified atom stereocenters. The summed E-state index contributed by atoms with van der Waals surface area (Å²) in [7, 11) is 1.28. The van der Waals surface area contributed by atoms with Gasteiger partial charge in [-0.25, -0.2) is 4.79 Å². The number of nitro groups is 1. The molecule has 7 heteroatoms. The zero-order valence-corrected chi connectivity index (χ0v) is 13.3. The number of halogens is 1. The normalized spacial score (nSPS) is 10.2. The van der Waals surface area contributed by atoms with E-state index < -0.39 is 10.9 Å². The van der Waals surface area contributed by atoms with E-state index in [-0.39, 0.29) is 17.3 Å². The molecular weight excluding hydrogens is 322 g/mol. The van der Waals surface area contributed by atoms with Crippen LogP contribution >= 0.6 is 11.6 Å². The number of methoxy groups -OCH3 is 1. The minimum Gasteiger partial charge on any atom is -0.487 e. The topological polar surface area (TPSA) is 78.7 Å². The first-order valence-corrected chi connectivity index (χ1v) is 7.05. The summed E-state index contributed by atoms with van der Waals surface area (Å²) >= 11 is 6.08. The Morgan fingerprint density at radius 3 is 2.65 bits per heavy atom. The minimum absolute atomic E-state index is 0.0400. The number of ether oxygens (including phenoxy) is 2. The number of carbonyl (C=O) groups excluding carboxylic acids is 1. The molecule has 0 radical (unpaired) electrons. The van der Waals surface area contributed by atoms with Crippen LogP contribution < -0.4 is 4.74 Å². The lowest BCUT2D eigenvalue weighted by Gasteiger charge is -2.11. The largest absolute Gasteiger partial charge is 0.487 e. The van der Waals surface area contributed by atoms with E-state index in [0.29, 0.717) is 22.4 Å². The molecular formula is C16H14ClNO5. The Morgan fingerprint density at radius 2 is 2.04 bits per heavy atom. The standard InChI is InChI=1S/C16H14ClNO5/c1-10-12(4-3-5-14(10)18(20)21)9-23-15-7-6-11(8-13(15)17)16(19)22-2/h3-8H,9H2,1-2H3. The van der Waals surface area contributed by atoms with Gasteiger partial charge in [0.15, 0.2) is 0 Å². The van der Waals surface area contributed by atoms with E-state index >= 15 is 0 Å². The Hall–Kier alpha value is -2.60. The van der Waals surface area contributed by atoms with Crippen molar-refractivity contribution in [1.82, 2.24) is 0 Å². The minimum atomic E-state index is -0.493. The highest BCUT2D eigenvalue weighted by atomic mass is 35.5. The first-order valence-electron chi connectivity index (χ1n) is 6.67. The van der Waals surface area contributed by atoms with Gasteiger partial charge < -0.3 is 9.47 Å². The number of benzene rings is 2. The molecule has 2 rings (SSSR count). The van der Waals surface area contributed by atoms with Crippen molar-refractivity contribution in [2.75, 3.05) is 7.11 Å². The fourth-order valence-electron chi connectivity index (χ4n) is 2.04. The Balaban J connectivity index is 2.17. The van der Waals surface area contributed by atoms with Crippen LogP contribution in [0.3, 0.4) is 0 Å². The van der Waals surface area contributed by atoms with Crippen molar-refractivity contribution in [3.05, 3.63) is 68.2 Å². The van der Waals surface area contributed by atoms with Gasteiger partial charge in [0, 0.05) is 11.6 Å². The quantitative estimate of drug-likeness (QED) is 0.470. The molecule has 23 heavy (non-hydrogen) atoms. The second kappa shape index (κ2) is 7.11. The van der Waals surface area contributed by atoms with Crippen molar-refractivity contribution in [1.29, 1.82) is 0 Å². The van der Waals surface area contributed by atoms with Gasteiger partial charge in [-0.05, 0) is 30.7 Å². The third kappa shape index (κ3) is 3.78. The average molecular weight is 336 g/mol. The van der Waals surface area contributed by atoms with E-state index in [1.54, 1.807) is 25.1 Å². The highest BCUT2D eigenvalue weighted by molar-refractivity contribution is 6.32. The van der Waals surface area contributed by atoms with E-state index in [4.69, 9.17) is 16.3 Å². The van der Waals surface area contributed by atoms with E-state index in [1.165, 1.54) is 25.3 Å². The Bertz CT molecular complexity index is 760. The van der Waals surface area contributed by atoms with Gasteiger partial charge in [0.2, 0.25) is 0 Å². The predicted molar refractivity (Wildman–Crippen MR) is 85.0 cm³/mol. The van der Waals surface area contributed by atoms with Crippen molar-refractivity contribution >= 4 is 23.3 Å². The number of hydrogen-bond donors (Lipinski definition) is 0. The third-order valence-electron chi connectivity index (χ3n) is 3.35. The van der Waals surface area contributed by atoms with Crippen LogP contribution in [0.15, 0.2) is 36.4 Å². The molecule has 0 N–H and O–H groups in total. The molecule has 120 valence electrons. The predicted octanol–water partition coefficient (Wildman–Crippen LogP) is 3.92. The van der Waals surface area contributed by atoms with E-state index in [1.807, 2.05) is 0 Å². The lowest BCUT2D eigenvalue weighted by Crippen LogP contribution is -2.03. The molecule has 0 aliphatic rings. The van der Waals surface area contributed by atoms with Crippen LogP contribution in [0.2, 0.25) is 5.02 Å². The Morgan fingerprint density at radius 1 is 1.30 bits per heavy atom. The maximum absolute atomic E-state index is 11.4. The molecule has 0 saturated carbocycles. The van der Waals surface area contributed by atoms with Crippen molar-refractivity contribution in [3.8, 4) is 5.75 Å². The second-order valence-corrected chi connectivity index (χ2v) is 5.15. The summed E-state index contributed by atoms with van der Waals surface area (Å²) in [5.74, 6) is -0.113. The van der Waals surface area contributed by atoms with Crippen LogP contribution in [0.5, 0.6) is 5.75 Å². The van der Waals surface area contributed by atoms with Crippen LogP contribution in [-0.2, 0) is 11.3 Å². The molecule has 0 aliphatic heterocycles. The molecule has 0 aromatic heterocycles. The number of carbonyl (C=O) groups is 1. The molecule has 0 bridgehead atoms. The van der Waals surface area contributed by atoms with Gasteiger partial charge in [-0.1, -0.05) is 23.7 Å². The fraction of sp³-hybridized carbons (Fsp3) is 0.188. The zero-order valence-electron chi connectivity index (χ0n) is 12.5. The summed E-state index contributed by atoms with van der Waals surface area (Å²) in [5, 5.41) is 11.2. The molecule has 0 fully saturated rings. The number of esters is 1. The molecule has 0 aliphatic carbocycles. The van der Waals surface area contributed by atoms with E-state index in [9.17, 15) is 14.9 Å². The molecule has 0 spiro atoms. The van der Waals surface area contributed by atoms with Crippen molar-refractivity contribution in [2.45, 2.75) is 13.5 Å². The lowest BCUT2D eigenvalue weighted by atomic mass is 10.1. The van der Waals surface area contributed by atoms with Crippen molar-refractivity contribution < 1.29 is 19.2 Å². The van der Waals surface area contributed by atoms with Gasteiger partial charge in [0.1, 0.15) is 12.4 Å².